The highest BCUT2D eigenvalue weighted by Gasteiger charge is 2.20. The van der Waals surface area contributed by atoms with Gasteiger partial charge in [-0.2, -0.15) is 0 Å². The maximum atomic E-state index is 13.1. The van der Waals surface area contributed by atoms with Crippen molar-refractivity contribution in [2.24, 2.45) is 11.7 Å². The van der Waals surface area contributed by atoms with Crippen LogP contribution in [0.1, 0.15) is 31.2 Å². The Morgan fingerprint density at radius 1 is 1.09 bits per heavy atom. The third kappa shape index (κ3) is 5.93. The standard InChI is InChI=1S/C23H21ClFN3O3S/c1-13-10-19(28-22(30)17-4-2-3-5-18(17)24)32-20(13)23(31)27-12-15(21(26)29)11-14-6-8-16(25)9-7-14/h2-10,15H,11-12H2,1H3,(H2,26,29)(H,27,31)(H,28,30). The summed E-state index contributed by atoms with van der Waals surface area (Å²) in [6.07, 6.45) is 0.276. The van der Waals surface area contributed by atoms with E-state index in [1.165, 1.54) is 12.1 Å². The predicted octanol–water partition coefficient (Wildman–Crippen LogP) is 4.18. The largest absolute Gasteiger partial charge is 0.369 e. The second-order valence-corrected chi connectivity index (χ2v) is 8.66. The number of hydrogen-bond acceptors (Lipinski definition) is 4. The predicted molar refractivity (Wildman–Crippen MR) is 124 cm³/mol. The van der Waals surface area contributed by atoms with Crippen molar-refractivity contribution in [3.05, 3.63) is 87.0 Å². The number of carbonyl (C=O) groups is 3. The maximum absolute atomic E-state index is 13.1. The van der Waals surface area contributed by atoms with Gasteiger partial charge in [-0.25, -0.2) is 4.39 Å². The summed E-state index contributed by atoms with van der Waals surface area (Å²) in [4.78, 5) is 37.3. The molecule has 0 radical (unpaired) electrons. The van der Waals surface area contributed by atoms with Crippen LogP contribution < -0.4 is 16.4 Å². The molecular weight excluding hydrogens is 453 g/mol. The van der Waals surface area contributed by atoms with E-state index in [2.05, 4.69) is 10.6 Å². The van der Waals surface area contributed by atoms with E-state index in [-0.39, 0.29) is 30.6 Å². The van der Waals surface area contributed by atoms with Crippen molar-refractivity contribution >= 4 is 45.7 Å². The number of aryl methyl sites for hydroxylation is 1. The van der Waals surface area contributed by atoms with Crippen LogP contribution in [0.5, 0.6) is 0 Å². The molecular formula is C23H21ClFN3O3S. The topological polar surface area (TPSA) is 101 Å². The molecule has 1 heterocycles. The third-order valence-electron chi connectivity index (χ3n) is 4.79. The molecule has 0 aliphatic rings. The van der Waals surface area contributed by atoms with Crippen molar-refractivity contribution in [1.82, 2.24) is 5.32 Å². The summed E-state index contributed by atoms with van der Waals surface area (Å²) in [7, 11) is 0. The minimum absolute atomic E-state index is 0.0319. The van der Waals surface area contributed by atoms with E-state index in [1.807, 2.05) is 0 Å². The molecule has 1 atom stereocenters. The first-order valence-electron chi connectivity index (χ1n) is 9.73. The van der Waals surface area contributed by atoms with Crippen molar-refractivity contribution in [3.8, 4) is 0 Å². The van der Waals surface area contributed by atoms with Crippen LogP contribution in [0.3, 0.4) is 0 Å². The van der Waals surface area contributed by atoms with Gasteiger partial charge in [0.25, 0.3) is 11.8 Å². The quantitative estimate of drug-likeness (QED) is 0.457. The fourth-order valence-corrected chi connectivity index (χ4v) is 4.27. The molecule has 0 fully saturated rings. The van der Waals surface area contributed by atoms with Gasteiger partial charge >= 0.3 is 0 Å². The number of anilines is 1. The highest BCUT2D eigenvalue weighted by molar-refractivity contribution is 7.18. The molecule has 0 spiro atoms. The van der Waals surface area contributed by atoms with Gasteiger partial charge in [0.1, 0.15) is 5.82 Å². The number of rotatable bonds is 8. The van der Waals surface area contributed by atoms with Crippen molar-refractivity contribution in [2.75, 3.05) is 11.9 Å². The summed E-state index contributed by atoms with van der Waals surface area (Å²) >= 11 is 7.17. The Balaban J connectivity index is 1.64. The first-order valence-corrected chi connectivity index (χ1v) is 10.9. The molecule has 4 N–H and O–H groups in total. The SMILES string of the molecule is Cc1cc(NC(=O)c2ccccc2Cl)sc1C(=O)NCC(Cc1ccc(F)cc1)C(N)=O. The van der Waals surface area contributed by atoms with Crippen molar-refractivity contribution in [1.29, 1.82) is 0 Å². The summed E-state index contributed by atoms with van der Waals surface area (Å²) in [5.74, 6) is -2.34. The average molecular weight is 474 g/mol. The van der Waals surface area contributed by atoms with Gasteiger partial charge in [-0.3, -0.25) is 14.4 Å². The monoisotopic (exact) mass is 473 g/mol. The van der Waals surface area contributed by atoms with Crippen molar-refractivity contribution in [3.63, 3.8) is 0 Å². The third-order valence-corrected chi connectivity index (χ3v) is 6.27. The molecule has 0 bridgehead atoms. The van der Waals surface area contributed by atoms with Gasteiger partial charge in [-0.1, -0.05) is 35.9 Å². The van der Waals surface area contributed by atoms with E-state index in [9.17, 15) is 18.8 Å². The fraction of sp³-hybridized carbons (Fsp3) is 0.174. The lowest BCUT2D eigenvalue weighted by Gasteiger charge is -2.14. The Morgan fingerprint density at radius 3 is 2.44 bits per heavy atom. The van der Waals surface area contributed by atoms with Crippen LogP contribution >= 0.6 is 22.9 Å². The molecule has 2 aromatic carbocycles. The molecule has 0 saturated carbocycles. The van der Waals surface area contributed by atoms with Gasteiger partial charge in [-0.05, 0) is 54.8 Å². The summed E-state index contributed by atoms with van der Waals surface area (Å²) in [6.45, 7) is 1.78. The number of carbonyl (C=O) groups excluding carboxylic acids is 3. The molecule has 3 aromatic rings. The van der Waals surface area contributed by atoms with E-state index in [0.29, 0.717) is 26.0 Å². The lowest BCUT2D eigenvalue weighted by molar-refractivity contribution is -0.121. The maximum Gasteiger partial charge on any atom is 0.261 e. The van der Waals surface area contributed by atoms with Crippen LogP contribution in [0, 0.1) is 18.7 Å². The number of hydrogen-bond donors (Lipinski definition) is 3. The first-order chi connectivity index (χ1) is 15.2. The normalized spacial score (nSPS) is 11.6. The Hall–Kier alpha value is -3.23. The molecule has 3 rings (SSSR count). The molecule has 0 aliphatic carbocycles. The van der Waals surface area contributed by atoms with Gasteiger partial charge in [0.15, 0.2) is 0 Å². The van der Waals surface area contributed by atoms with E-state index >= 15 is 0 Å². The molecule has 0 saturated heterocycles. The van der Waals surface area contributed by atoms with E-state index in [0.717, 1.165) is 16.9 Å². The Kier molecular flexibility index (Phi) is 7.61. The summed E-state index contributed by atoms with van der Waals surface area (Å²) in [6, 6.07) is 14.1. The second kappa shape index (κ2) is 10.4. The minimum atomic E-state index is -0.649. The summed E-state index contributed by atoms with van der Waals surface area (Å²) in [5, 5.41) is 6.29. The number of benzene rings is 2. The number of halogens is 2. The average Bonchev–Trinajstić information content (AvgIpc) is 3.12. The number of thiophene rings is 1. The Bertz CT molecular complexity index is 1150. The second-order valence-electron chi connectivity index (χ2n) is 7.20. The zero-order valence-electron chi connectivity index (χ0n) is 17.2. The zero-order valence-corrected chi connectivity index (χ0v) is 18.7. The number of primary amides is 1. The van der Waals surface area contributed by atoms with E-state index < -0.39 is 11.8 Å². The smallest absolute Gasteiger partial charge is 0.261 e. The van der Waals surface area contributed by atoms with Crippen LogP contribution in [0.25, 0.3) is 0 Å². The molecule has 9 heteroatoms. The molecule has 0 aliphatic heterocycles. The van der Waals surface area contributed by atoms with E-state index in [1.54, 1.807) is 49.4 Å². The van der Waals surface area contributed by atoms with Crippen LogP contribution in [-0.4, -0.2) is 24.3 Å². The molecule has 6 nitrogen and oxygen atoms in total. The zero-order chi connectivity index (χ0) is 23.3. The van der Waals surface area contributed by atoms with E-state index in [4.69, 9.17) is 17.3 Å². The highest BCUT2D eigenvalue weighted by atomic mass is 35.5. The lowest BCUT2D eigenvalue weighted by Crippen LogP contribution is -2.37. The Labute approximate surface area is 193 Å². The number of nitrogens with one attached hydrogen (secondary N) is 2. The van der Waals surface area contributed by atoms with Crippen LogP contribution in [0.2, 0.25) is 5.02 Å². The van der Waals surface area contributed by atoms with Crippen molar-refractivity contribution in [2.45, 2.75) is 13.3 Å². The number of nitrogens with two attached hydrogens (primary N) is 1. The molecule has 32 heavy (non-hydrogen) atoms. The minimum Gasteiger partial charge on any atom is -0.369 e. The summed E-state index contributed by atoms with van der Waals surface area (Å²) in [5.41, 5.74) is 7.22. The Morgan fingerprint density at radius 2 is 1.78 bits per heavy atom. The summed E-state index contributed by atoms with van der Waals surface area (Å²) < 4.78 is 13.1. The lowest BCUT2D eigenvalue weighted by atomic mass is 9.98. The number of amides is 3. The van der Waals surface area contributed by atoms with Gasteiger partial charge in [0.05, 0.1) is 26.4 Å². The van der Waals surface area contributed by atoms with Gasteiger partial charge in [0.2, 0.25) is 5.91 Å². The van der Waals surface area contributed by atoms with Crippen LogP contribution in [0.15, 0.2) is 54.6 Å². The molecule has 1 aromatic heterocycles. The fourth-order valence-electron chi connectivity index (χ4n) is 3.07. The van der Waals surface area contributed by atoms with Crippen molar-refractivity contribution < 1.29 is 18.8 Å². The van der Waals surface area contributed by atoms with Gasteiger partial charge in [0, 0.05) is 6.54 Å². The van der Waals surface area contributed by atoms with Gasteiger partial charge < -0.3 is 16.4 Å². The first kappa shape index (κ1) is 23.4. The molecule has 166 valence electrons. The molecule has 1 unspecified atom stereocenters. The highest BCUT2D eigenvalue weighted by Crippen LogP contribution is 2.28. The van der Waals surface area contributed by atoms with Crippen LogP contribution in [0.4, 0.5) is 9.39 Å². The van der Waals surface area contributed by atoms with Gasteiger partial charge in [-0.15, -0.1) is 11.3 Å². The van der Waals surface area contributed by atoms with Crippen LogP contribution in [-0.2, 0) is 11.2 Å². The molecule has 3 amide bonds.